The molecular weight excluding hydrogens is 344 g/mol. The molecule has 6 aromatic rings. The molecule has 0 N–H and O–H groups in total. The van der Waals surface area contributed by atoms with Gasteiger partial charge in [-0.1, -0.05) is 60.2 Å². The molecule has 6 rings (SSSR count). The topological polar surface area (TPSA) is 26.3 Å². The SMILES string of the molecule is Cc1ccc2oc3ccccc3c2c1.Cc1cccc2oc3ccccc3c12. The third kappa shape index (κ3) is 2.74. The Morgan fingerprint density at radius 3 is 1.93 bits per heavy atom. The molecule has 0 aliphatic carbocycles. The third-order valence-corrected chi connectivity index (χ3v) is 5.14. The van der Waals surface area contributed by atoms with Crippen molar-refractivity contribution >= 4 is 43.9 Å². The van der Waals surface area contributed by atoms with Crippen LogP contribution in [0.15, 0.2) is 93.8 Å². The van der Waals surface area contributed by atoms with E-state index in [1.165, 1.54) is 32.7 Å². The fraction of sp³-hybridized carbons (Fsp3) is 0.0769. The number of hydrogen-bond acceptors (Lipinski definition) is 2. The maximum atomic E-state index is 5.73. The van der Waals surface area contributed by atoms with E-state index in [0.717, 1.165) is 22.3 Å². The predicted molar refractivity (Wildman–Crippen MR) is 117 cm³/mol. The van der Waals surface area contributed by atoms with Gasteiger partial charge in [-0.3, -0.25) is 0 Å². The van der Waals surface area contributed by atoms with E-state index in [-0.39, 0.29) is 0 Å². The van der Waals surface area contributed by atoms with Gasteiger partial charge in [0.05, 0.1) is 0 Å². The molecule has 0 bridgehead atoms. The van der Waals surface area contributed by atoms with Crippen LogP contribution in [0.4, 0.5) is 0 Å². The number of fused-ring (bicyclic) bond motifs is 6. The van der Waals surface area contributed by atoms with Crippen molar-refractivity contribution in [2.24, 2.45) is 0 Å². The summed E-state index contributed by atoms with van der Waals surface area (Å²) in [6.07, 6.45) is 0. The van der Waals surface area contributed by atoms with E-state index in [2.05, 4.69) is 44.2 Å². The molecular formula is C26H20O2. The van der Waals surface area contributed by atoms with Gasteiger partial charge in [0.15, 0.2) is 0 Å². The Morgan fingerprint density at radius 2 is 1.11 bits per heavy atom. The summed E-state index contributed by atoms with van der Waals surface area (Å²) < 4.78 is 11.4. The highest BCUT2D eigenvalue weighted by Gasteiger charge is 2.07. The molecule has 2 heteroatoms. The lowest BCUT2D eigenvalue weighted by atomic mass is 10.1. The molecule has 2 heterocycles. The molecule has 0 aliphatic rings. The molecule has 136 valence electrons. The van der Waals surface area contributed by atoms with Crippen LogP contribution in [0, 0.1) is 13.8 Å². The summed E-state index contributed by atoms with van der Waals surface area (Å²) in [6, 6.07) is 28.7. The summed E-state index contributed by atoms with van der Waals surface area (Å²) in [7, 11) is 0. The smallest absolute Gasteiger partial charge is 0.135 e. The van der Waals surface area contributed by atoms with Gasteiger partial charge in [0.25, 0.3) is 0 Å². The lowest BCUT2D eigenvalue weighted by Gasteiger charge is -1.93. The summed E-state index contributed by atoms with van der Waals surface area (Å²) in [4.78, 5) is 0. The van der Waals surface area contributed by atoms with E-state index < -0.39 is 0 Å². The van der Waals surface area contributed by atoms with E-state index >= 15 is 0 Å². The van der Waals surface area contributed by atoms with E-state index in [1.54, 1.807) is 0 Å². The van der Waals surface area contributed by atoms with Crippen LogP contribution in [0.2, 0.25) is 0 Å². The number of para-hydroxylation sites is 2. The van der Waals surface area contributed by atoms with E-state index in [1.807, 2.05) is 54.6 Å². The van der Waals surface area contributed by atoms with Gasteiger partial charge in [0.1, 0.15) is 22.3 Å². The van der Waals surface area contributed by atoms with Crippen molar-refractivity contribution in [1.29, 1.82) is 0 Å². The molecule has 28 heavy (non-hydrogen) atoms. The fourth-order valence-corrected chi connectivity index (χ4v) is 3.79. The summed E-state index contributed by atoms with van der Waals surface area (Å²) in [5.41, 5.74) is 6.42. The van der Waals surface area contributed by atoms with Crippen molar-refractivity contribution in [2.45, 2.75) is 13.8 Å². The van der Waals surface area contributed by atoms with Crippen LogP contribution in [0.25, 0.3) is 43.9 Å². The molecule has 0 aliphatic heterocycles. The molecule has 0 saturated heterocycles. The first kappa shape index (κ1) is 16.6. The first-order valence-electron chi connectivity index (χ1n) is 9.45. The van der Waals surface area contributed by atoms with Crippen molar-refractivity contribution in [1.82, 2.24) is 0 Å². The zero-order valence-corrected chi connectivity index (χ0v) is 15.9. The first-order valence-corrected chi connectivity index (χ1v) is 9.45. The number of rotatable bonds is 0. The number of aryl methyl sites for hydroxylation is 2. The van der Waals surface area contributed by atoms with Crippen LogP contribution < -0.4 is 0 Å². The van der Waals surface area contributed by atoms with Crippen LogP contribution >= 0.6 is 0 Å². The standard InChI is InChI=1S/2C13H10O/c1-9-5-4-8-12-13(9)10-6-2-3-7-11(10)14-12;1-9-6-7-13-11(8-9)10-4-2-3-5-12(10)14-13/h2*2-8H,1H3. The van der Waals surface area contributed by atoms with Crippen LogP contribution in [0.1, 0.15) is 11.1 Å². The van der Waals surface area contributed by atoms with Crippen LogP contribution in [-0.4, -0.2) is 0 Å². The molecule has 0 fully saturated rings. The molecule has 4 aromatic carbocycles. The molecule has 0 saturated carbocycles. The van der Waals surface area contributed by atoms with Crippen LogP contribution in [0.3, 0.4) is 0 Å². The minimum Gasteiger partial charge on any atom is -0.456 e. The highest BCUT2D eigenvalue weighted by molar-refractivity contribution is 6.06. The normalized spacial score (nSPS) is 11.2. The maximum absolute atomic E-state index is 5.73. The molecule has 0 unspecified atom stereocenters. The average Bonchev–Trinajstić information content (AvgIpc) is 3.27. The van der Waals surface area contributed by atoms with Crippen LogP contribution in [-0.2, 0) is 0 Å². The summed E-state index contributed by atoms with van der Waals surface area (Å²) in [5, 5.41) is 4.86. The van der Waals surface area contributed by atoms with Gasteiger partial charge in [-0.15, -0.1) is 0 Å². The highest BCUT2D eigenvalue weighted by Crippen LogP contribution is 2.30. The summed E-state index contributed by atoms with van der Waals surface area (Å²) >= 11 is 0. The van der Waals surface area contributed by atoms with E-state index in [4.69, 9.17) is 8.83 Å². The molecule has 2 nitrogen and oxygen atoms in total. The quantitative estimate of drug-likeness (QED) is 0.275. The Bertz CT molecular complexity index is 1430. The van der Waals surface area contributed by atoms with E-state index in [0.29, 0.717) is 0 Å². The zero-order chi connectivity index (χ0) is 19.1. The van der Waals surface area contributed by atoms with Gasteiger partial charge in [-0.25, -0.2) is 0 Å². The minimum atomic E-state index is 0.966. The number of hydrogen-bond donors (Lipinski definition) is 0. The van der Waals surface area contributed by atoms with E-state index in [9.17, 15) is 0 Å². The zero-order valence-electron chi connectivity index (χ0n) is 15.9. The van der Waals surface area contributed by atoms with Gasteiger partial charge in [0.2, 0.25) is 0 Å². The Balaban J connectivity index is 0.000000122. The second-order valence-corrected chi connectivity index (χ2v) is 7.14. The second kappa shape index (κ2) is 6.58. The summed E-state index contributed by atoms with van der Waals surface area (Å²) in [6.45, 7) is 4.21. The van der Waals surface area contributed by atoms with Gasteiger partial charge >= 0.3 is 0 Å². The Hall–Kier alpha value is -3.52. The van der Waals surface area contributed by atoms with Crippen molar-refractivity contribution < 1.29 is 8.83 Å². The minimum absolute atomic E-state index is 0.966. The monoisotopic (exact) mass is 364 g/mol. The Labute approximate surface area is 163 Å². The van der Waals surface area contributed by atoms with Gasteiger partial charge in [-0.2, -0.15) is 0 Å². The van der Waals surface area contributed by atoms with Crippen molar-refractivity contribution in [3.63, 3.8) is 0 Å². The Morgan fingerprint density at radius 1 is 0.500 bits per heavy atom. The largest absolute Gasteiger partial charge is 0.456 e. The highest BCUT2D eigenvalue weighted by atomic mass is 16.3. The molecule has 0 radical (unpaired) electrons. The number of benzene rings is 4. The van der Waals surface area contributed by atoms with Gasteiger partial charge < -0.3 is 8.83 Å². The summed E-state index contributed by atoms with van der Waals surface area (Å²) in [5.74, 6) is 0. The van der Waals surface area contributed by atoms with Gasteiger partial charge in [-0.05, 0) is 49.7 Å². The lowest BCUT2D eigenvalue weighted by molar-refractivity contribution is 0.668. The third-order valence-electron chi connectivity index (χ3n) is 5.14. The second-order valence-electron chi connectivity index (χ2n) is 7.14. The number of furan rings is 2. The van der Waals surface area contributed by atoms with Crippen molar-refractivity contribution in [3.8, 4) is 0 Å². The van der Waals surface area contributed by atoms with Crippen LogP contribution in [0.5, 0.6) is 0 Å². The molecule has 0 atom stereocenters. The van der Waals surface area contributed by atoms with Gasteiger partial charge in [0, 0.05) is 21.5 Å². The Kier molecular flexibility index (Phi) is 3.91. The first-order chi connectivity index (χ1) is 13.7. The van der Waals surface area contributed by atoms with Crippen molar-refractivity contribution in [3.05, 3.63) is 96.1 Å². The fourth-order valence-electron chi connectivity index (χ4n) is 3.79. The maximum Gasteiger partial charge on any atom is 0.135 e. The predicted octanol–water partition coefficient (Wildman–Crippen LogP) is 7.79. The average molecular weight is 364 g/mol. The molecule has 2 aromatic heterocycles. The molecule has 0 spiro atoms. The van der Waals surface area contributed by atoms with Crippen molar-refractivity contribution in [2.75, 3.05) is 0 Å². The molecule has 0 amide bonds. The lowest BCUT2D eigenvalue weighted by Crippen LogP contribution is -1.72.